The fourth-order valence-corrected chi connectivity index (χ4v) is 6.08. The van der Waals surface area contributed by atoms with Crippen LogP contribution in [0.1, 0.15) is 80.4 Å². The summed E-state index contributed by atoms with van der Waals surface area (Å²) in [6.45, 7) is 6.56. The number of piperidine rings is 1. The largest absolute Gasteiger partial charge is 0.380 e. The molecule has 2 aliphatic heterocycles. The molecule has 194 valence electrons. The lowest BCUT2D eigenvalue weighted by molar-refractivity contribution is -0.129. The van der Waals surface area contributed by atoms with Crippen molar-refractivity contribution in [3.05, 3.63) is 65.3 Å². The molecule has 0 bridgehead atoms. The third-order valence-electron chi connectivity index (χ3n) is 8.95. The van der Waals surface area contributed by atoms with E-state index in [9.17, 15) is 9.90 Å². The second-order valence-corrected chi connectivity index (χ2v) is 11.3. The molecule has 2 N–H and O–H groups in total. The van der Waals surface area contributed by atoms with E-state index in [4.69, 9.17) is 9.51 Å². The summed E-state index contributed by atoms with van der Waals surface area (Å²) in [6, 6.07) is 10.5. The van der Waals surface area contributed by atoms with E-state index in [2.05, 4.69) is 46.6 Å². The Hall–Kier alpha value is -3.10. The topological polar surface area (TPSA) is 104 Å². The second kappa shape index (κ2) is 9.33. The third kappa shape index (κ3) is 4.16. The van der Waals surface area contributed by atoms with Gasteiger partial charge in [0.1, 0.15) is 5.60 Å². The number of hydrogen-bond donors (Lipinski definition) is 2. The van der Waals surface area contributed by atoms with Crippen molar-refractivity contribution in [2.75, 3.05) is 26.2 Å². The van der Waals surface area contributed by atoms with Crippen LogP contribution in [0.4, 0.5) is 0 Å². The number of amides is 1. The average Bonchev–Trinajstić information content (AvgIpc) is 3.37. The number of aromatic nitrogens is 3. The first-order chi connectivity index (χ1) is 17.9. The van der Waals surface area contributed by atoms with Crippen LogP contribution in [0.5, 0.6) is 0 Å². The van der Waals surface area contributed by atoms with Crippen LogP contribution < -0.4 is 5.32 Å². The first-order valence-corrected chi connectivity index (χ1v) is 13.5. The molecule has 8 nitrogen and oxygen atoms in total. The number of pyridine rings is 1. The molecule has 2 aromatic heterocycles. The standard InChI is InChI=1S/C29H35N5O3/c1-19(35)34-12-10-22(11-13-34)27-32-26(33-37-27)23-14-25(16-30-15-23)29(36,28(2)17-31-18-28)24-8-6-21(7-9-24)20-4-3-5-20/h6-9,14-16,20,22,31,36H,3-5,10-13,17-18H2,1-2H3/t29-/m0/s1. The summed E-state index contributed by atoms with van der Waals surface area (Å²) < 4.78 is 5.65. The zero-order chi connectivity index (χ0) is 25.6. The van der Waals surface area contributed by atoms with Gasteiger partial charge in [0.2, 0.25) is 17.6 Å². The van der Waals surface area contributed by atoms with Gasteiger partial charge in [-0.3, -0.25) is 9.78 Å². The number of benzene rings is 1. The van der Waals surface area contributed by atoms with Crippen molar-refractivity contribution < 1.29 is 14.4 Å². The van der Waals surface area contributed by atoms with Crippen LogP contribution in [0.3, 0.4) is 0 Å². The summed E-state index contributed by atoms with van der Waals surface area (Å²) in [4.78, 5) is 22.7. The predicted octanol–water partition coefficient (Wildman–Crippen LogP) is 3.97. The second-order valence-electron chi connectivity index (χ2n) is 11.3. The van der Waals surface area contributed by atoms with Crippen molar-refractivity contribution in [1.82, 2.24) is 25.3 Å². The maximum absolute atomic E-state index is 12.4. The lowest BCUT2D eigenvalue weighted by Gasteiger charge is -2.52. The highest BCUT2D eigenvalue weighted by Gasteiger charge is 2.53. The van der Waals surface area contributed by atoms with Gasteiger partial charge in [0.15, 0.2) is 0 Å². The maximum Gasteiger partial charge on any atom is 0.230 e. The van der Waals surface area contributed by atoms with Gasteiger partial charge in [-0.1, -0.05) is 42.8 Å². The lowest BCUT2D eigenvalue weighted by Crippen LogP contribution is -2.63. The minimum atomic E-state index is -1.22. The van der Waals surface area contributed by atoms with Gasteiger partial charge >= 0.3 is 0 Å². The van der Waals surface area contributed by atoms with E-state index >= 15 is 0 Å². The van der Waals surface area contributed by atoms with E-state index < -0.39 is 5.60 Å². The summed E-state index contributed by atoms with van der Waals surface area (Å²) in [5, 5.41) is 20.0. The Morgan fingerprint density at radius 1 is 1.08 bits per heavy atom. The van der Waals surface area contributed by atoms with Crippen LogP contribution in [0, 0.1) is 5.41 Å². The van der Waals surface area contributed by atoms with Gasteiger partial charge in [-0.15, -0.1) is 0 Å². The quantitative estimate of drug-likeness (QED) is 0.527. The Morgan fingerprint density at radius 2 is 1.81 bits per heavy atom. The van der Waals surface area contributed by atoms with Crippen LogP contribution in [-0.2, 0) is 10.4 Å². The van der Waals surface area contributed by atoms with Crippen LogP contribution >= 0.6 is 0 Å². The first-order valence-electron chi connectivity index (χ1n) is 13.5. The molecule has 8 heteroatoms. The molecule has 3 aromatic rings. The van der Waals surface area contributed by atoms with Crippen molar-refractivity contribution >= 4 is 5.91 Å². The third-order valence-corrected chi connectivity index (χ3v) is 8.95. The Kier molecular flexibility index (Phi) is 6.12. The van der Waals surface area contributed by atoms with Crippen molar-refractivity contribution in [3.63, 3.8) is 0 Å². The van der Waals surface area contributed by atoms with Crippen LogP contribution in [0.15, 0.2) is 47.2 Å². The molecular weight excluding hydrogens is 466 g/mol. The Labute approximate surface area is 217 Å². The normalized spacial score (nSPS) is 21.6. The molecule has 3 aliphatic rings. The smallest absolute Gasteiger partial charge is 0.230 e. The van der Waals surface area contributed by atoms with Gasteiger partial charge in [0.05, 0.1) is 0 Å². The van der Waals surface area contributed by atoms with Gasteiger partial charge in [-0.25, -0.2) is 0 Å². The van der Waals surface area contributed by atoms with Crippen LogP contribution in [0.2, 0.25) is 0 Å². The highest BCUT2D eigenvalue weighted by molar-refractivity contribution is 5.73. The minimum absolute atomic E-state index is 0.105. The van der Waals surface area contributed by atoms with Crippen LogP contribution in [0.25, 0.3) is 11.4 Å². The zero-order valence-corrected chi connectivity index (χ0v) is 21.6. The minimum Gasteiger partial charge on any atom is -0.380 e. The molecule has 0 radical (unpaired) electrons. The number of carbonyl (C=O) groups excluding carboxylic acids is 1. The number of rotatable bonds is 6. The number of hydrogen-bond acceptors (Lipinski definition) is 7. The summed E-state index contributed by atoms with van der Waals surface area (Å²) in [6.07, 6.45) is 8.89. The van der Waals surface area contributed by atoms with Crippen molar-refractivity contribution in [2.45, 2.75) is 63.4 Å². The fraction of sp³-hybridized carbons (Fsp3) is 0.517. The van der Waals surface area contributed by atoms with Gasteiger partial charge in [-0.05, 0) is 48.8 Å². The maximum atomic E-state index is 12.4. The summed E-state index contributed by atoms with van der Waals surface area (Å²) in [7, 11) is 0. The van der Waals surface area contributed by atoms with E-state index in [-0.39, 0.29) is 17.2 Å². The van der Waals surface area contributed by atoms with Crippen LogP contribution in [-0.4, -0.2) is 57.2 Å². The lowest BCUT2D eigenvalue weighted by atomic mass is 9.62. The van der Waals surface area contributed by atoms with E-state index in [1.54, 1.807) is 19.3 Å². The van der Waals surface area contributed by atoms with E-state index in [0.717, 1.165) is 24.0 Å². The van der Waals surface area contributed by atoms with E-state index in [0.29, 0.717) is 49.4 Å². The molecule has 2 saturated heterocycles. The molecule has 1 aromatic carbocycles. The van der Waals surface area contributed by atoms with E-state index in [1.807, 2.05) is 11.0 Å². The number of likely N-dealkylation sites (tertiary alicyclic amines) is 1. The number of nitrogens with zero attached hydrogens (tertiary/aromatic N) is 4. The number of nitrogens with one attached hydrogen (secondary N) is 1. The zero-order valence-electron chi connectivity index (χ0n) is 21.6. The molecule has 37 heavy (non-hydrogen) atoms. The molecule has 1 atom stereocenters. The number of carbonyl (C=O) groups is 1. The van der Waals surface area contributed by atoms with Gasteiger partial charge in [0, 0.05) is 68.0 Å². The summed E-state index contributed by atoms with van der Waals surface area (Å²) in [5.41, 5.74) is 2.09. The molecule has 1 aliphatic carbocycles. The molecule has 3 fully saturated rings. The monoisotopic (exact) mass is 501 g/mol. The molecular formula is C29H35N5O3. The van der Waals surface area contributed by atoms with Gasteiger partial charge in [0.25, 0.3) is 0 Å². The Bertz CT molecular complexity index is 1270. The molecule has 1 amide bonds. The highest BCUT2D eigenvalue weighted by atomic mass is 16.5. The van der Waals surface area contributed by atoms with Gasteiger partial charge < -0.3 is 19.8 Å². The van der Waals surface area contributed by atoms with Gasteiger partial charge in [-0.2, -0.15) is 4.98 Å². The van der Waals surface area contributed by atoms with E-state index in [1.165, 1.54) is 24.8 Å². The molecule has 0 spiro atoms. The van der Waals surface area contributed by atoms with Crippen molar-refractivity contribution in [2.24, 2.45) is 5.41 Å². The Balaban J connectivity index is 1.29. The first kappa shape index (κ1) is 24.2. The highest BCUT2D eigenvalue weighted by Crippen LogP contribution is 2.48. The number of aliphatic hydroxyl groups is 1. The predicted molar refractivity (Wildman–Crippen MR) is 139 cm³/mol. The Morgan fingerprint density at radius 3 is 2.41 bits per heavy atom. The summed E-state index contributed by atoms with van der Waals surface area (Å²) in [5.74, 6) is 1.96. The average molecular weight is 502 g/mol. The SMILES string of the molecule is CC(=O)N1CCC(c2nc(-c3cncc([C@@](O)(c4ccc(C5CCC5)cc4)C4(C)CNC4)c3)no2)CC1. The molecule has 4 heterocycles. The van der Waals surface area contributed by atoms with Crippen molar-refractivity contribution in [3.8, 4) is 11.4 Å². The summed E-state index contributed by atoms with van der Waals surface area (Å²) >= 11 is 0. The molecule has 6 rings (SSSR count). The molecule has 1 saturated carbocycles. The van der Waals surface area contributed by atoms with Crippen molar-refractivity contribution in [1.29, 1.82) is 0 Å². The molecule has 0 unspecified atom stereocenters. The fourth-order valence-electron chi connectivity index (χ4n) is 6.08.